The van der Waals surface area contributed by atoms with Gasteiger partial charge in [-0.2, -0.15) is 0 Å². The maximum atomic E-state index is 5.50. The molecule has 1 aliphatic rings. The highest BCUT2D eigenvalue weighted by molar-refractivity contribution is 4.87. The Morgan fingerprint density at radius 1 is 1.38 bits per heavy atom. The molecular weight excluding hydrogens is 162 g/mol. The number of hydrogen-bond acceptors (Lipinski definition) is 2. The topological polar surface area (TPSA) is 12.5 Å². The van der Waals surface area contributed by atoms with Crippen LogP contribution in [0.15, 0.2) is 0 Å². The van der Waals surface area contributed by atoms with Gasteiger partial charge in [0.2, 0.25) is 0 Å². The van der Waals surface area contributed by atoms with E-state index in [9.17, 15) is 0 Å². The molecule has 0 aromatic heterocycles. The molecule has 0 amide bonds. The van der Waals surface area contributed by atoms with Gasteiger partial charge in [0.1, 0.15) is 0 Å². The zero-order chi connectivity index (χ0) is 9.90. The molecule has 1 rings (SSSR count). The van der Waals surface area contributed by atoms with Gasteiger partial charge < -0.3 is 4.74 Å². The van der Waals surface area contributed by atoms with Gasteiger partial charge in [-0.3, -0.25) is 4.90 Å². The van der Waals surface area contributed by atoms with Crippen molar-refractivity contribution in [2.75, 3.05) is 19.8 Å². The summed E-state index contributed by atoms with van der Waals surface area (Å²) >= 11 is 0. The molecule has 2 nitrogen and oxygen atoms in total. The normalized spacial score (nSPS) is 25.4. The third kappa shape index (κ3) is 2.96. The van der Waals surface area contributed by atoms with Gasteiger partial charge in [0.25, 0.3) is 0 Å². The van der Waals surface area contributed by atoms with Crippen LogP contribution in [-0.2, 0) is 4.74 Å². The first-order valence-electron chi connectivity index (χ1n) is 5.40. The van der Waals surface area contributed by atoms with Crippen LogP contribution < -0.4 is 0 Å². The fourth-order valence-electron chi connectivity index (χ4n) is 2.15. The Labute approximate surface area is 82.3 Å². The van der Waals surface area contributed by atoms with Gasteiger partial charge >= 0.3 is 0 Å². The molecule has 0 saturated carbocycles. The predicted molar refractivity (Wildman–Crippen MR) is 56.0 cm³/mol. The summed E-state index contributed by atoms with van der Waals surface area (Å²) in [7, 11) is 0. The van der Waals surface area contributed by atoms with Crippen molar-refractivity contribution >= 4 is 0 Å². The van der Waals surface area contributed by atoms with E-state index in [1.807, 2.05) is 0 Å². The number of likely N-dealkylation sites (tertiary alicyclic amines) is 1. The summed E-state index contributed by atoms with van der Waals surface area (Å²) in [4.78, 5) is 2.57. The molecule has 0 bridgehead atoms. The van der Waals surface area contributed by atoms with Gasteiger partial charge in [0, 0.05) is 18.2 Å². The minimum atomic E-state index is 0.304. The van der Waals surface area contributed by atoms with Crippen molar-refractivity contribution < 1.29 is 4.74 Å². The average molecular weight is 185 g/mol. The number of rotatable bonds is 3. The molecular formula is C11H23NO. The van der Waals surface area contributed by atoms with E-state index in [1.54, 1.807) is 0 Å². The summed E-state index contributed by atoms with van der Waals surface area (Å²) in [5.41, 5.74) is 0.304. The number of ether oxygens (including phenoxy) is 1. The zero-order valence-electron chi connectivity index (χ0n) is 9.47. The molecule has 78 valence electrons. The van der Waals surface area contributed by atoms with Crippen molar-refractivity contribution in [3.8, 4) is 0 Å². The van der Waals surface area contributed by atoms with Crippen LogP contribution in [0, 0.1) is 0 Å². The molecule has 0 radical (unpaired) electrons. The Bertz CT molecular complexity index is 151. The lowest BCUT2D eigenvalue weighted by Gasteiger charge is -2.36. The monoisotopic (exact) mass is 185 g/mol. The van der Waals surface area contributed by atoms with Crippen molar-refractivity contribution in [2.45, 2.75) is 52.1 Å². The fourth-order valence-corrected chi connectivity index (χ4v) is 2.15. The molecule has 2 heteroatoms. The van der Waals surface area contributed by atoms with E-state index in [4.69, 9.17) is 4.74 Å². The summed E-state index contributed by atoms with van der Waals surface area (Å²) in [5.74, 6) is 0. The highest BCUT2D eigenvalue weighted by Crippen LogP contribution is 2.26. The van der Waals surface area contributed by atoms with Crippen LogP contribution in [0.1, 0.15) is 40.5 Å². The van der Waals surface area contributed by atoms with Crippen molar-refractivity contribution in [1.82, 2.24) is 4.90 Å². The second-order valence-electron chi connectivity index (χ2n) is 4.82. The lowest BCUT2D eigenvalue weighted by molar-refractivity contribution is 0.0436. The molecule has 0 aliphatic carbocycles. The molecule has 0 aromatic rings. The van der Waals surface area contributed by atoms with Gasteiger partial charge in [-0.25, -0.2) is 0 Å². The largest absolute Gasteiger partial charge is 0.380 e. The second kappa shape index (κ2) is 4.43. The second-order valence-corrected chi connectivity index (χ2v) is 4.82. The van der Waals surface area contributed by atoms with Crippen molar-refractivity contribution in [2.24, 2.45) is 0 Å². The highest BCUT2D eigenvalue weighted by atomic mass is 16.5. The first kappa shape index (κ1) is 11.0. The first-order valence-corrected chi connectivity index (χ1v) is 5.40. The third-order valence-electron chi connectivity index (χ3n) is 2.75. The maximum Gasteiger partial charge on any atom is 0.0621 e. The molecule has 1 aliphatic heterocycles. The van der Waals surface area contributed by atoms with Crippen LogP contribution in [-0.4, -0.2) is 36.2 Å². The van der Waals surface area contributed by atoms with Crippen molar-refractivity contribution in [3.05, 3.63) is 0 Å². The summed E-state index contributed by atoms with van der Waals surface area (Å²) < 4.78 is 5.50. The molecule has 0 unspecified atom stereocenters. The van der Waals surface area contributed by atoms with Crippen LogP contribution in [0.3, 0.4) is 0 Å². The van der Waals surface area contributed by atoms with E-state index in [0.717, 1.165) is 13.2 Å². The van der Waals surface area contributed by atoms with Gasteiger partial charge in [-0.05, 0) is 47.1 Å². The van der Waals surface area contributed by atoms with Gasteiger partial charge in [-0.1, -0.05) is 0 Å². The van der Waals surface area contributed by atoms with Gasteiger partial charge in [0.15, 0.2) is 0 Å². The van der Waals surface area contributed by atoms with E-state index in [1.165, 1.54) is 19.4 Å². The summed E-state index contributed by atoms with van der Waals surface area (Å²) in [5, 5.41) is 0. The molecule has 0 N–H and O–H groups in total. The van der Waals surface area contributed by atoms with E-state index in [-0.39, 0.29) is 0 Å². The maximum absolute atomic E-state index is 5.50. The summed E-state index contributed by atoms with van der Waals surface area (Å²) in [6.07, 6.45) is 2.63. The number of nitrogens with zero attached hydrogens (tertiary/aromatic N) is 1. The first-order chi connectivity index (χ1) is 6.05. The van der Waals surface area contributed by atoms with Crippen LogP contribution in [0.5, 0.6) is 0 Å². The molecule has 1 fully saturated rings. The van der Waals surface area contributed by atoms with Crippen molar-refractivity contribution in [1.29, 1.82) is 0 Å². The van der Waals surface area contributed by atoms with Crippen LogP contribution >= 0.6 is 0 Å². The Balaban J connectivity index is 2.44. The van der Waals surface area contributed by atoms with Crippen LogP contribution in [0.25, 0.3) is 0 Å². The number of hydrogen-bond donors (Lipinski definition) is 0. The molecule has 0 spiro atoms. The average Bonchev–Trinajstić information content (AvgIpc) is 2.47. The van der Waals surface area contributed by atoms with E-state index < -0.39 is 0 Å². The Morgan fingerprint density at radius 3 is 2.62 bits per heavy atom. The summed E-state index contributed by atoms with van der Waals surface area (Å²) in [6.45, 7) is 11.9. The van der Waals surface area contributed by atoms with Gasteiger partial charge in [-0.15, -0.1) is 0 Å². The zero-order valence-corrected chi connectivity index (χ0v) is 9.47. The molecule has 1 heterocycles. The van der Waals surface area contributed by atoms with E-state index in [0.29, 0.717) is 11.6 Å². The van der Waals surface area contributed by atoms with Crippen LogP contribution in [0.2, 0.25) is 0 Å². The SMILES string of the molecule is CCOC[C@@H]1CCCN1C(C)(C)C. The molecule has 0 aromatic carbocycles. The molecule has 1 saturated heterocycles. The lowest BCUT2D eigenvalue weighted by Crippen LogP contribution is -2.46. The smallest absolute Gasteiger partial charge is 0.0621 e. The highest BCUT2D eigenvalue weighted by Gasteiger charge is 2.32. The predicted octanol–water partition coefficient (Wildman–Crippen LogP) is 2.29. The standard InChI is InChI=1S/C11H23NO/c1-5-13-9-10-7-6-8-12(10)11(2,3)4/h10H,5-9H2,1-4H3/t10-/m0/s1. The Morgan fingerprint density at radius 2 is 2.08 bits per heavy atom. The lowest BCUT2D eigenvalue weighted by atomic mass is 10.1. The van der Waals surface area contributed by atoms with Gasteiger partial charge in [0.05, 0.1) is 6.61 Å². The minimum Gasteiger partial charge on any atom is -0.380 e. The summed E-state index contributed by atoms with van der Waals surface area (Å²) in [6, 6.07) is 0.653. The molecule has 1 atom stereocenters. The Hall–Kier alpha value is -0.0800. The Kier molecular flexibility index (Phi) is 3.74. The molecule has 13 heavy (non-hydrogen) atoms. The minimum absolute atomic E-state index is 0.304. The fraction of sp³-hybridized carbons (Fsp3) is 1.00. The van der Waals surface area contributed by atoms with E-state index in [2.05, 4.69) is 32.6 Å². The van der Waals surface area contributed by atoms with E-state index >= 15 is 0 Å². The van der Waals surface area contributed by atoms with Crippen molar-refractivity contribution in [3.63, 3.8) is 0 Å². The third-order valence-corrected chi connectivity index (χ3v) is 2.75. The van der Waals surface area contributed by atoms with Crippen LogP contribution in [0.4, 0.5) is 0 Å². The quantitative estimate of drug-likeness (QED) is 0.669.